The molecule has 0 saturated carbocycles. The number of Topliss-reactive ketones (excluding diaryl/α,β-unsaturated/α-hetero) is 1. The predicted octanol–water partition coefficient (Wildman–Crippen LogP) is 1.84. The standard InChI is InChI=1S/C11H15BrO3/c1-9-4-5-10(2,15-9)11(7-12,14-3)8(13)6-9/h4-5H,6-7H2,1-3H3/t9-,10+,11+/m1/s1. The summed E-state index contributed by atoms with van der Waals surface area (Å²) in [6.07, 6.45) is 4.29. The van der Waals surface area contributed by atoms with Crippen LogP contribution < -0.4 is 0 Å². The number of halogens is 1. The number of alkyl halides is 1. The first-order chi connectivity index (χ1) is 6.91. The second kappa shape index (κ2) is 3.15. The molecule has 0 spiro atoms. The fraction of sp³-hybridized carbons (Fsp3) is 0.727. The molecule has 2 bridgehead atoms. The Labute approximate surface area is 97.9 Å². The van der Waals surface area contributed by atoms with Gasteiger partial charge in [-0.25, -0.2) is 0 Å². The Hall–Kier alpha value is -0.190. The number of carbonyl (C=O) groups is 1. The van der Waals surface area contributed by atoms with Crippen LogP contribution in [0.4, 0.5) is 0 Å². The molecule has 0 radical (unpaired) electrons. The van der Waals surface area contributed by atoms with Crippen LogP contribution in [0.25, 0.3) is 0 Å². The molecular formula is C11H15BrO3. The number of ketones is 1. The molecule has 84 valence electrons. The van der Waals surface area contributed by atoms with Crippen LogP contribution in [-0.2, 0) is 14.3 Å². The summed E-state index contributed by atoms with van der Waals surface area (Å²) in [5, 5.41) is 0.451. The van der Waals surface area contributed by atoms with E-state index in [-0.39, 0.29) is 5.78 Å². The van der Waals surface area contributed by atoms with Crippen molar-refractivity contribution >= 4 is 21.7 Å². The molecule has 0 aromatic carbocycles. The van der Waals surface area contributed by atoms with E-state index in [0.29, 0.717) is 11.8 Å². The Morgan fingerprint density at radius 2 is 2.20 bits per heavy atom. The van der Waals surface area contributed by atoms with Crippen LogP contribution in [0.1, 0.15) is 20.3 Å². The van der Waals surface area contributed by atoms with E-state index in [1.54, 1.807) is 7.11 Å². The Kier molecular flexibility index (Phi) is 2.38. The molecule has 3 atom stereocenters. The third-order valence-corrected chi connectivity index (χ3v) is 4.29. The molecule has 2 aliphatic heterocycles. The SMILES string of the molecule is CO[C@@]1(CBr)C(=O)C[C@@]2(C)C=C[C@]1(C)O2. The normalized spacial score (nSPS) is 48.7. The highest BCUT2D eigenvalue weighted by atomic mass is 79.9. The van der Waals surface area contributed by atoms with Crippen LogP contribution in [-0.4, -0.2) is 35.0 Å². The summed E-state index contributed by atoms with van der Waals surface area (Å²) < 4.78 is 11.4. The molecule has 3 nitrogen and oxygen atoms in total. The number of hydrogen-bond acceptors (Lipinski definition) is 3. The predicted molar refractivity (Wildman–Crippen MR) is 60.2 cm³/mol. The maximum atomic E-state index is 12.2. The fourth-order valence-corrected chi connectivity index (χ4v) is 3.61. The molecule has 0 unspecified atom stereocenters. The van der Waals surface area contributed by atoms with Crippen molar-refractivity contribution in [3.05, 3.63) is 12.2 Å². The minimum absolute atomic E-state index is 0.100. The van der Waals surface area contributed by atoms with Gasteiger partial charge in [-0.1, -0.05) is 28.1 Å². The Morgan fingerprint density at radius 3 is 2.73 bits per heavy atom. The van der Waals surface area contributed by atoms with Crippen molar-refractivity contribution < 1.29 is 14.3 Å². The Morgan fingerprint density at radius 1 is 1.53 bits per heavy atom. The van der Waals surface area contributed by atoms with Gasteiger partial charge in [-0.05, 0) is 13.8 Å². The van der Waals surface area contributed by atoms with Gasteiger partial charge in [0.15, 0.2) is 11.4 Å². The van der Waals surface area contributed by atoms with Crippen LogP contribution in [0.3, 0.4) is 0 Å². The van der Waals surface area contributed by atoms with Gasteiger partial charge in [0, 0.05) is 18.9 Å². The largest absolute Gasteiger partial charge is 0.366 e. The molecule has 0 aromatic rings. The van der Waals surface area contributed by atoms with Gasteiger partial charge in [-0.3, -0.25) is 4.79 Å². The maximum Gasteiger partial charge on any atom is 0.172 e. The van der Waals surface area contributed by atoms with E-state index >= 15 is 0 Å². The molecule has 0 amide bonds. The van der Waals surface area contributed by atoms with Gasteiger partial charge >= 0.3 is 0 Å². The van der Waals surface area contributed by atoms with E-state index < -0.39 is 16.8 Å². The lowest BCUT2D eigenvalue weighted by molar-refractivity contribution is -0.211. The zero-order chi connectivity index (χ0) is 11.3. The first-order valence-electron chi connectivity index (χ1n) is 4.96. The summed E-state index contributed by atoms with van der Waals surface area (Å²) in [6, 6.07) is 0. The summed E-state index contributed by atoms with van der Waals surface area (Å²) >= 11 is 3.36. The first-order valence-corrected chi connectivity index (χ1v) is 6.08. The van der Waals surface area contributed by atoms with Gasteiger partial charge in [-0.15, -0.1) is 0 Å². The van der Waals surface area contributed by atoms with Crippen molar-refractivity contribution in [3.63, 3.8) is 0 Å². The first kappa shape index (κ1) is 11.3. The lowest BCUT2D eigenvalue weighted by Gasteiger charge is -2.48. The van der Waals surface area contributed by atoms with E-state index in [0.717, 1.165) is 0 Å². The zero-order valence-electron chi connectivity index (χ0n) is 9.17. The van der Waals surface area contributed by atoms with Gasteiger partial charge in [0.1, 0.15) is 5.60 Å². The van der Waals surface area contributed by atoms with E-state index in [1.807, 2.05) is 26.0 Å². The summed E-state index contributed by atoms with van der Waals surface area (Å²) in [5.41, 5.74) is -2.00. The molecule has 4 heteroatoms. The summed E-state index contributed by atoms with van der Waals surface area (Å²) in [6.45, 7) is 3.83. The number of carbonyl (C=O) groups excluding carboxylic acids is 1. The van der Waals surface area contributed by atoms with Crippen molar-refractivity contribution in [1.29, 1.82) is 0 Å². The second-order valence-electron chi connectivity index (χ2n) is 4.62. The number of hydrogen-bond donors (Lipinski definition) is 0. The lowest BCUT2D eigenvalue weighted by atomic mass is 9.78. The van der Waals surface area contributed by atoms with Gasteiger partial charge in [0.05, 0.1) is 5.60 Å². The highest BCUT2D eigenvalue weighted by molar-refractivity contribution is 9.09. The molecule has 15 heavy (non-hydrogen) atoms. The number of rotatable bonds is 2. The van der Waals surface area contributed by atoms with Crippen LogP contribution >= 0.6 is 15.9 Å². The highest BCUT2D eigenvalue weighted by Crippen LogP contribution is 2.48. The number of fused-ring (bicyclic) bond motifs is 2. The van der Waals surface area contributed by atoms with Crippen molar-refractivity contribution in [1.82, 2.24) is 0 Å². The summed E-state index contributed by atoms with van der Waals surface area (Å²) in [7, 11) is 1.56. The summed E-state index contributed by atoms with van der Waals surface area (Å²) in [5.74, 6) is 0.100. The molecule has 0 N–H and O–H groups in total. The third kappa shape index (κ3) is 1.28. The van der Waals surface area contributed by atoms with Crippen molar-refractivity contribution in [2.75, 3.05) is 12.4 Å². The van der Waals surface area contributed by atoms with Gasteiger partial charge in [0.25, 0.3) is 0 Å². The monoisotopic (exact) mass is 274 g/mol. The highest BCUT2D eigenvalue weighted by Gasteiger charge is 2.62. The molecule has 0 aromatic heterocycles. The van der Waals surface area contributed by atoms with Gasteiger partial charge in [-0.2, -0.15) is 0 Å². The zero-order valence-corrected chi connectivity index (χ0v) is 10.8. The molecular weight excluding hydrogens is 260 g/mol. The topological polar surface area (TPSA) is 35.5 Å². The van der Waals surface area contributed by atoms with E-state index in [1.165, 1.54) is 0 Å². The van der Waals surface area contributed by atoms with Crippen molar-refractivity contribution in [3.8, 4) is 0 Å². The van der Waals surface area contributed by atoms with Crippen molar-refractivity contribution in [2.45, 2.75) is 37.1 Å². The van der Waals surface area contributed by atoms with E-state index in [2.05, 4.69) is 15.9 Å². The van der Waals surface area contributed by atoms with Gasteiger partial charge < -0.3 is 9.47 Å². The fourth-order valence-electron chi connectivity index (χ4n) is 2.52. The molecule has 2 aliphatic rings. The number of methoxy groups -OCH3 is 1. The molecule has 2 heterocycles. The smallest absolute Gasteiger partial charge is 0.172 e. The van der Waals surface area contributed by atoms with Crippen LogP contribution in [0.5, 0.6) is 0 Å². The lowest BCUT2D eigenvalue weighted by Crippen LogP contribution is -2.65. The average molecular weight is 275 g/mol. The van der Waals surface area contributed by atoms with Crippen molar-refractivity contribution in [2.24, 2.45) is 0 Å². The van der Waals surface area contributed by atoms with E-state index in [9.17, 15) is 4.79 Å². The second-order valence-corrected chi connectivity index (χ2v) is 5.18. The maximum absolute atomic E-state index is 12.2. The minimum Gasteiger partial charge on any atom is -0.366 e. The van der Waals surface area contributed by atoms with Crippen LogP contribution in [0.2, 0.25) is 0 Å². The molecule has 1 fully saturated rings. The molecule has 0 aliphatic carbocycles. The molecule has 2 rings (SSSR count). The molecule has 1 saturated heterocycles. The Bertz CT molecular complexity index is 335. The average Bonchev–Trinajstić information content (AvgIpc) is 2.42. The van der Waals surface area contributed by atoms with Gasteiger partial charge in [0.2, 0.25) is 0 Å². The van der Waals surface area contributed by atoms with Crippen LogP contribution in [0.15, 0.2) is 12.2 Å². The van der Waals surface area contributed by atoms with Crippen LogP contribution in [0, 0.1) is 0 Å². The quantitative estimate of drug-likeness (QED) is 0.570. The van der Waals surface area contributed by atoms with E-state index in [4.69, 9.17) is 9.47 Å². The third-order valence-electron chi connectivity index (χ3n) is 3.50. The number of ether oxygens (including phenoxy) is 2. The Balaban J connectivity index is 2.49. The summed E-state index contributed by atoms with van der Waals surface area (Å²) in [4.78, 5) is 12.2. The minimum atomic E-state index is -0.889.